The van der Waals surface area contributed by atoms with Gasteiger partial charge in [0.15, 0.2) is 5.69 Å². The summed E-state index contributed by atoms with van der Waals surface area (Å²) in [5.74, 6) is -0.302. The summed E-state index contributed by atoms with van der Waals surface area (Å²) in [7, 11) is 0. The van der Waals surface area contributed by atoms with E-state index >= 15 is 0 Å². The van der Waals surface area contributed by atoms with Crippen LogP contribution in [0.4, 0.5) is 5.69 Å². The fourth-order valence-electron chi connectivity index (χ4n) is 3.07. The molecule has 29 heavy (non-hydrogen) atoms. The number of nitrogens with zero attached hydrogens (tertiary/aromatic N) is 6. The first-order chi connectivity index (χ1) is 14.1. The number of rotatable bonds is 5. The molecule has 0 aliphatic heterocycles. The first-order valence-electron chi connectivity index (χ1n) is 9.37. The highest BCUT2D eigenvalue weighted by Gasteiger charge is 2.17. The molecule has 8 heteroatoms. The van der Waals surface area contributed by atoms with Crippen molar-refractivity contribution in [3.05, 3.63) is 77.4 Å². The largest absolute Gasteiger partial charge is 0.321 e. The Kier molecular flexibility index (Phi) is 4.90. The van der Waals surface area contributed by atoms with Crippen molar-refractivity contribution in [3.8, 4) is 11.4 Å². The maximum Gasteiger partial charge on any atom is 0.278 e. The molecule has 8 nitrogen and oxygen atoms in total. The predicted octanol–water partition coefficient (Wildman–Crippen LogP) is 3.28. The van der Waals surface area contributed by atoms with E-state index in [9.17, 15) is 4.79 Å². The highest BCUT2D eigenvalue weighted by molar-refractivity contribution is 6.03. The summed E-state index contributed by atoms with van der Waals surface area (Å²) in [6, 6.07) is 15.4. The quantitative estimate of drug-likeness (QED) is 0.567. The summed E-state index contributed by atoms with van der Waals surface area (Å²) in [4.78, 5) is 12.7. The van der Waals surface area contributed by atoms with Gasteiger partial charge in [0.25, 0.3) is 5.91 Å². The molecule has 0 saturated carbocycles. The monoisotopic (exact) mass is 387 g/mol. The Morgan fingerprint density at radius 1 is 0.931 bits per heavy atom. The average molecular weight is 387 g/mol. The molecule has 0 bridgehead atoms. The summed E-state index contributed by atoms with van der Waals surface area (Å²) in [5.41, 5.74) is 5.56. The third kappa shape index (κ3) is 3.64. The number of benzene rings is 2. The molecule has 0 saturated heterocycles. The standard InChI is InChI=1S/C21H21N7O/c1-4-16-5-9-19(10-6-16)28-15(3)20(24-26-28)21(29)23-17-7-11-18(12-8-17)27-14(2)13-22-25-27/h5-13H,4H2,1-3H3,(H,23,29). The third-order valence-corrected chi connectivity index (χ3v) is 4.79. The Balaban J connectivity index is 1.51. The van der Waals surface area contributed by atoms with Crippen molar-refractivity contribution < 1.29 is 4.79 Å². The molecule has 1 N–H and O–H groups in total. The van der Waals surface area contributed by atoms with Crippen molar-refractivity contribution in [2.24, 2.45) is 0 Å². The molecular weight excluding hydrogens is 366 g/mol. The van der Waals surface area contributed by atoms with Crippen LogP contribution in [0.15, 0.2) is 54.7 Å². The molecular formula is C21H21N7O. The van der Waals surface area contributed by atoms with Crippen LogP contribution >= 0.6 is 0 Å². The molecule has 2 aromatic carbocycles. The van der Waals surface area contributed by atoms with Gasteiger partial charge in [-0.3, -0.25) is 4.79 Å². The number of aryl methyl sites for hydroxylation is 2. The Morgan fingerprint density at radius 3 is 2.21 bits per heavy atom. The minimum atomic E-state index is -0.302. The highest BCUT2D eigenvalue weighted by Crippen LogP contribution is 2.17. The maximum absolute atomic E-state index is 12.7. The van der Waals surface area contributed by atoms with Crippen LogP contribution in [0.1, 0.15) is 34.4 Å². The zero-order chi connectivity index (χ0) is 20.4. The number of hydrogen-bond acceptors (Lipinski definition) is 5. The highest BCUT2D eigenvalue weighted by atomic mass is 16.2. The Labute approximate surface area is 168 Å². The van der Waals surface area contributed by atoms with Crippen molar-refractivity contribution in [3.63, 3.8) is 0 Å². The molecule has 1 amide bonds. The van der Waals surface area contributed by atoms with Crippen LogP contribution in [0.3, 0.4) is 0 Å². The number of carbonyl (C=O) groups excluding carboxylic acids is 1. The van der Waals surface area contributed by atoms with E-state index in [0.29, 0.717) is 17.1 Å². The number of anilines is 1. The van der Waals surface area contributed by atoms with Crippen LogP contribution in [-0.4, -0.2) is 35.9 Å². The van der Waals surface area contributed by atoms with Gasteiger partial charge in [-0.25, -0.2) is 9.36 Å². The van der Waals surface area contributed by atoms with Crippen LogP contribution < -0.4 is 5.32 Å². The number of carbonyl (C=O) groups is 1. The smallest absolute Gasteiger partial charge is 0.278 e. The molecule has 0 fully saturated rings. The first kappa shape index (κ1) is 18.5. The van der Waals surface area contributed by atoms with Crippen molar-refractivity contribution >= 4 is 11.6 Å². The lowest BCUT2D eigenvalue weighted by atomic mass is 10.1. The molecule has 2 aromatic heterocycles. The van der Waals surface area contributed by atoms with Crippen LogP contribution in [0.2, 0.25) is 0 Å². The van der Waals surface area contributed by atoms with Gasteiger partial charge in [-0.1, -0.05) is 29.5 Å². The Bertz CT molecular complexity index is 1140. The molecule has 0 aliphatic carbocycles. The second kappa shape index (κ2) is 7.67. The van der Waals surface area contributed by atoms with Crippen molar-refractivity contribution in [1.82, 2.24) is 30.0 Å². The van der Waals surface area contributed by atoms with E-state index in [2.05, 4.69) is 45.0 Å². The molecule has 4 rings (SSSR count). The fourth-order valence-corrected chi connectivity index (χ4v) is 3.07. The second-order valence-corrected chi connectivity index (χ2v) is 6.74. The summed E-state index contributed by atoms with van der Waals surface area (Å²) in [6.45, 7) is 5.87. The van der Waals surface area contributed by atoms with Crippen LogP contribution in [-0.2, 0) is 6.42 Å². The van der Waals surface area contributed by atoms with Crippen LogP contribution in [0.25, 0.3) is 11.4 Å². The molecule has 0 radical (unpaired) electrons. The predicted molar refractivity (Wildman–Crippen MR) is 110 cm³/mol. The van der Waals surface area contributed by atoms with E-state index in [-0.39, 0.29) is 5.91 Å². The van der Waals surface area contributed by atoms with E-state index < -0.39 is 0 Å². The van der Waals surface area contributed by atoms with Crippen molar-refractivity contribution in [2.75, 3.05) is 5.32 Å². The van der Waals surface area contributed by atoms with Crippen LogP contribution in [0.5, 0.6) is 0 Å². The summed E-state index contributed by atoms with van der Waals surface area (Å²) in [5, 5.41) is 19.0. The molecule has 0 spiro atoms. The van der Waals surface area contributed by atoms with Gasteiger partial charge in [-0.2, -0.15) is 0 Å². The molecule has 2 heterocycles. The molecule has 0 unspecified atom stereocenters. The van der Waals surface area contributed by atoms with E-state index in [0.717, 1.165) is 23.5 Å². The van der Waals surface area contributed by atoms with Gasteiger partial charge in [0.05, 0.1) is 29.0 Å². The van der Waals surface area contributed by atoms with E-state index in [1.165, 1.54) is 5.56 Å². The molecule has 4 aromatic rings. The van der Waals surface area contributed by atoms with Gasteiger partial charge >= 0.3 is 0 Å². The minimum absolute atomic E-state index is 0.292. The van der Waals surface area contributed by atoms with E-state index in [1.807, 2.05) is 50.2 Å². The third-order valence-electron chi connectivity index (χ3n) is 4.79. The zero-order valence-corrected chi connectivity index (χ0v) is 16.5. The normalized spacial score (nSPS) is 10.9. The van der Waals surface area contributed by atoms with E-state index in [1.54, 1.807) is 15.6 Å². The summed E-state index contributed by atoms with van der Waals surface area (Å²) in [6.07, 6.45) is 2.66. The van der Waals surface area contributed by atoms with Gasteiger partial charge in [0.2, 0.25) is 0 Å². The number of amides is 1. The van der Waals surface area contributed by atoms with Crippen molar-refractivity contribution in [2.45, 2.75) is 27.2 Å². The number of hydrogen-bond donors (Lipinski definition) is 1. The van der Waals surface area contributed by atoms with Gasteiger partial charge in [0.1, 0.15) is 0 Å². The SMILES string of the molecule is CCc1ccc(-n2nnc(C(=O)Nc3ccc(-n4nncc4C)cc3)c2C)cc1. The Hall–Kier alpha value is -3.81. The number of nitrogens with one attached hydrogen (secondary N) is 1. The minimum Gasteiger partial charge on any atom is -0.321 e. The lowest BCUT2D eigenvalue weighted by molar-refractivity contribution is 0.102. The van der Waals surface area contributed by atoms with Gasteiger partial charge in [-0.05, 0) is 62.2 Å². The van der Waals surface area contributed by atoms with Crippen molar-refractivity contribution in [1.29, 1.82) is 0 Å². The van der Waals surface area contributed by atoms with Gasteiger partial charge in [-0.15, -0.1) is 10.2 Å². The molecule has 0 aliphatic rings. The van der Waals surface area contributed by atoms with E-state index in [4.69, 9.17) is 0 Å². The molecule has 146 valence electrons. The summed E-state index contributed by atoms with van der Waals surface area (Å²) < 4.78 is 3.40. The summed E-state index contributed by atoms with van der Waals surface area (Å²) >= 11 is 0. The lowest BCUT2D eigenvalue weighted by Gasteiger charge is -2.07. The second-order valence-electron chi connectivity index (χ2n) is 6.74. The topological polar surface area (TPSA) is 90.5 Å². The zero-order valence-electron chi connectivity index (χ0n) is 16.5. The number of aromatic nitrogens is 6. The van der Waals surface area contributed by atoms with Gasteiger partial charge < -0.3 is 5.32 Å². The lowest BCUT2D eigenvalue weighted by Crippen LogP contribution is -2.14. The first-order valence-corrected chi connectivity index (χ1v) is 9.37. The Morgan fingerprint density at radius 2 is 1.59 bits per heavy atom. The fraction of sp³-hybridized carbons (Fsp3) is 0.190. The van der Waals surface area contributed by atoms with Crippen LogP contribution in [0, 0.1) is 13.8 Å². The average Bonchev–Trinajstić information content (AvgIpc) is 3.34. The maximum atomic E-state index is 12.7. The molecule has 0 atom stereocenters. The van der Waals surface area contributed by atoms with Gasteiger partial charge in [0, 0.05) is 5.69 Å².